The van der Waals surface area contributed by atoms with Crippen molar-refractivity contribution in [1.82, 2.24) is 10.2 Å². The first kappa shape index (κ1) is 11.9. The van der Waals surface area contributed by atoms with E-state index in [1.807, 2.05) is 0 Å². The zero-order chi connectivity index (χ0) is 11.8. The van der Waals surface area contributed by atoms with E-state index in [4.69, 9.17) is 0 Å². The lowest BCUT2D eigenvalue weighted by Crippen LogP contribution is -2.39. The molecular weight excluding hydrogens is 200 g/mol. The zero-order valence-corrected chi connectivity index (χ0v) is 10.8. The van der Waals surface area contributed by atoms with Crippen molar-refractivity contribution >= 4 is 5.91 Å². The number of carbonyl (C=O) groups is 1. The molecule has 2 aliphatic rings. The third kappa shape index (κ3) is 1.86. The van der Waals surface area contributed by atoms with E-state index < -0.39 is 0 Å². The lowest BCUT2D eigenvalue weighted by Gasteiger charge is -2.27. The predicted octanol–water partition coefficient (Wildman–Crippen LogP) is 2.12. The first-order valence-electron chi connectivity index (χ1n) is 6.75. The number of nitrogens with one attached hydrogen (secondary N) is 1. The fourth-order valence-electron chi connectivity index (χ4n) is 2.72. The monoisotopic (exact) mass is 224 g/mol. The van der Waals surface area contributed by atoms with Crippen LogP contribution in [-0.2, 0) is 4.79 Å². The van der Waals surface area contributed by atoms with Crippen LogP contribution in [-0.4, -0.2) is 29.1 Å². The second kappa shape index (κ2) is 4.36. The topological polar surface area (TPSA) is 32.3 Å². The van der Waals surface area contributed by atoms with Crippen LogP contribution in [0.25, 0.3) is 0 Å². The lowest BCUT2D eigenvalue weighted by molar-refractivity contribution is -0.131. The highest BCUT2D eigenvalue weighted by molar-refractivity contribution is 5.91. The van der Waals surface area contributed by atoms with Gasteiger partial charge in [0.1, 0.15) is 0 Å². The highest BCUT2D eigenvalue weighted by Gasteiger charge is 2.58. The van der Waals surface area contributed by atoms with Crippen LogP contribution < -0.4 is 5.32 Å². The molecule has 2 fully saturated rings. The molecule has 0 aromatic rings. The number of nitrogens with zero attached hydrogens (tertiary/aromatic N) is 1. The van der Waals surface area contributed by atoms with Crippen LogP contribution in [0.5, 0.6) is 0 Å². The maximum absolute atomic E-state index is 12.3. The summed E-state index contributed by atoms with van der Waals surface area (Å²) in [6.45, 7) is 7.54. The van der Waals surface area contributed by atoms with Crippen molar-refractivity contribution in [2.75, 3.05) is 6.54 Å². The molecule has 0 bridgehead atoms. The van der Waals surface area contributed by atoms with E-state index in [0.29, 0.717) is 11.8 Å². The third-order valence-corrected chi connectivity index (χ3v) is 4.24. The fraction of sp³-hybridized carbons (Fsp3) is 0.923. The minimum Gasteiger partial charge on any atom is -0.325 e. The Kier molecular flexibility index (Phi) is 3.24. The highest BCUT2D eigenvalue weighted by Crippen LogP contribution is 2.42. The number of amides is 1. The fourth-order valence-corrected chi connectivity index (χ4v) is 2.72. The Hall–Kier alpha value is -0.570. The highest BCUT2D eigenvalue weighted by atomic mass is 16.2. The summed E-state index contributed by atoms with van der Waals surface area (Å²) >= 11 is 0. The molecule has 1 amide bonds. The molecule has 1 unspecified atom stereocenters. The predicted molar refractivity (Wildman–Crippen MR) is 65.0 cm³/mol. The van der Waals surface area contributed by atoms with E-state index >= 15 is 0 Å². The second-order valence-electron chi connectivity index (χ2n) is 5.29. The van der Waals surface area contributed by atoms with Crippen LogP contribution in [0.1, 0.15) is 52.9 Å². The Labute approximate surface area is 98.6 Å². The summed E-state index contributed by atoms with van der Waals surface area (Å²) in [7, 11) is 0. The van der Waals surface area contributed by atoms with E-state index in [9.17, 15) is 4.79 Å². The first-order chi connectivity index (χ1) is 7.66. The lowest BCUT2D eigenvalue weighted by atomic mass is 10.0. The maximum Gasteiger partial charge on any atom is 0.244 e. The van der Waals surface area contributed by atoms with Crippen LogP contribution in [0.3, 0.4) is 0 Å². The summed E-state index contributed by atoms with van der Waals surface area (Å²) in [5, 5.41) is 3.52. The van der Waals surface area contributed by atoms with Gasteiger partial charge in [0.05, 0.1) is 11.7 Å². The van der Waals surface area contributed by atoms with E-state index in [1.54, 1.807) is 0 Å². The van der Waals surface area contributed by atoms with Gasteiger partial charge in [0.15, 0.2) is 0 Å². The van der Waals surface area contributed by atoms with Crippen molar-refractivity contribution in [3.8, 4) is 0 Å². The number of rotatable bonds is 5. The molecule has 1 N–H and O–H groups in total. The number of hydrogen-bond donors (Lipinski definition) is 1. The zero-order valence-electron chi connectivity index (χ0n) is 10.8. The van der Waals surface area contributed by atoms with Gasteiger partial charge in [0.25, 0.3) is 0 Å². The Morgan fingerprint density at radius 2 is 2.00 bits per heavy atom. The summed E-state index contributed by atoms with van der Waals surface area (Å²) in [4.78, 5) is 14.4. The Morgan fingerprint density at radius 1 is 1.38 bits per heavy atom. The van der Waals surface area contributed by atoms with Gasteiger partial charge in [-0.15, -0.1) is 0 Å². The summed E-state index contributed by atoms with van der Waals surface area (Å²) in [6, 6.07) is 0. The Balaban J connectivity index is 2.03. The molecule has 2 rings (SSSR count). The first-order valence-corrected chi connectivity index (χ1v) is 6.75. The SMILES string of the molecule is CCC(CC)CN1C(=O)C2(CC2)NC1CC. The van der Waals surface area contributed by atoms with Crippen molar-refractivity contribution in [1.29, 1.82) is 0 Å². The molecule has 3 nitrogen and oxygen atoms in total. The minimum atomic E-state index is -0.132. The molecule has 0 aromatic heterocycles. The molecule has 1 aliphatic heterocycles. The van der Waals surface area contributed by atoms with Crippen molar-refractivity contribution in [2.45, 2.75) is 64.6 Å². The molecule has 16 heavy (non-hydrogen) atoms. The van der Waals surface area contributed by atoms with Gasteiger partial charge in [-0.05, 0) is 25.2 Å². The van der Waals surface area contributed by atoms with E-state index in [0.717, 1.165) is 25.8 Å². The van der Waals surface area contributed by atoms with Gasteiger partial charge < -0.3 is 4.90 Å². The Morgan fingerprint density at radius 3 is 2.44 bits per heavy atom. The second-order valence-corrected chi connectivity index (χ2v) is 5.29. The smallest absolute Gasteiger partial charge is 0.244 e. The van der Waals surface area contributed by atoms with Gasteiger partial charge in [-0.2, -0.15) is 0 Å². The van der Waals surface area contributed by atoms with Crippen LogP contribution in [0.2, 0.25) is 0 Å². The molecule has 92 valence electrons. The minimum absolute atomic E-state index is 0.132. The molecule has 1 spiro atoms. The van der Waals surface area contributed by atoms with Gasteiger partial charge in [-0.1, -0.05) is 33.6 Å². The van der Waals surface area contributed by atoms with Gasteiger partial charge >= 0.3 is 0 Å². The van der Waals surface area contributed by atoms with Crippen molar-refractivity contribution in [3.05, 3.63) is 0 Å². The summed E-state index contributed by atoms with van der Waals surface area (Å²) < 4.78 is 0. The molecule has 0 radical (unpaired) electrons. The standard InChI is InChI=1S/C13H24N2O/c1-4-10(5-2)9-15-11(6-3)14-13(7-8-13)12(15)16/h10-11,14H,4-9H2,1-3H3. The summed E-state index contributed by atoms with van der Waals surface area (Å²) in [5.74, 6) is 1.03. The summed E-state index contributed by atoms with van der Waals surface area (Å²) in [6.07, 6.45) is 5.74. The van der Waals surface area contributed by atoms with E-state index in [1.165, 1.54) is 12.8 Å². The summed E-state index contributed by atoms with van der Waals surface area (Å²) in [5.41, 5.74) is -0.132. The van der Waals surface area contributed by atoms with Crippen LogP contribution >= 0.6 is 0 Å². The van der Waals surface area contributed by atoms with Gasteiger partial charge in [0.2, 0.25) is 5.91 Å². The molecule has 0 aromatic carbocycles. The molecule has 3 heteroatoms. The molecule has 1 saturated heterocycles. The largest absolute Gasteiger partial charge is 0.325 e. The van der Waals surface area contributed by atoms with Crippen molar-refractivity contribution < 1.29 is 4.79 Å². The number of hydrogen-bond acceptors (Lipinski definition) is 2. The molecule has 1 saturated carbocycles. The molecular formula is C13H24N2O. The normalized spacial score (nSPS) is 27.1. The molecule has 1 aliphatic carbocycles. The number of carbonyl (C=O) groups excluding carboxylic acids is 1. The average molecular weight is 224 g/mol. The molecule has 1 heterocycles. The van der Waals surface area contributed by atoms with E-state index in [-0.39, 0.29) is 11.7 Å². The van der Waals surface area contributed by atoms with Crippen molar-refractivity contribution in [2.24, 2.45) is 5.92 Å². The van der Waals surface area contributed by atoms with Gasteiger partial charge in [-0.25, -0.2) is 0 Å². The van der Waals surface area contributed by atoms with Crippen LogP contribution in [0.15, 0.2) is 0 Å². The quantitative estimate of drug-likeness (QED) is 0.776. The van der Waals surface area contributed by atoms with Crippen molar-refractivity contribution in [3.63, 3.8) is 0 Å². The average Bonchev–Trinajstić information content (AvgIpc) is 3.03. The van der Waals surface area contributed by atoms with Gasteiger partial charge in [0, 0.05) is 6.54 Å². The van der Waals surface area contributed by atoms with E-state index in [2.05, 4.69) is 31.0 Å². The van der Waals surface area contributed by atoms with Crippen LogP contribution in [0.4, 0.5) is 0 Å². The molecule has 1 atom stereocenters. The van der Waals surface area contributed by atoms with Crippen LogP contribution in [0, 0.1) is 5.92 Å². The maximum atomic E-state index is 12.3. The third-order valence-electron chi connectivity index (χ3n) is 4.24. The van der Waals surface area contributed by atoms with Gasteiger partial charge in [-0.3, -0.25) is 10.1 Å². The Bertz CT molecular complexity index is 269.